The number of rotatable bonds is 4. The number of nitrogens with zero attached hydrogens (tertiary/aromatic N) is 2. The summed E-state index contributed by atoms with van der Waals surface area (Å²) in [4.78, 5) is 31.9. The van der Waals surface area contributed by atoms with Gasteiger partial charge in [0.2, 0.25) is 0 Å². The van der Waals surface area contributed by atoms with E-state index in [1.807, 2.05) is 6.92 Å². The van der Waals surface area contributed by atoms with Crippen molar-refractivity contribution in [3.05, 3.63) is 40.8 Å². The molecule has 6 nitrogen and oxygen atoms in total. The average molecular weight is 276 g/mol. The molecule has 0 atom stereocenters. The second-order valence-corrected chi connectivity index (χ2v) is 4.85. The first-order valence-electron chi connectivity index (χ1n) is 5.61. The van der Waals surface area contributed by atoms with Gasteiger partial charge in [-0.25, -0.2) is 4.98 Å². The van der Waals surface area contributed by atoms with Crippen molar-refractivity contribution in [2.75, 3.05) is 5.32 Å². The second-order valence-electron chi connectivity index (χ2n) is 3.72. The minimum atomic E-state index is -0.564. The zero-order chi connectivity index (χ0) is 13.8. The van der Waals surface area contributed by atoms with Crippen LogP contribution in [0, 0.1) is 0 Å². The van der Waals surface area contributed by atoms with Gasteiger partial charge in [0.25, 0.3) is 11.8 Å². The molecule has 0 spiro atoms. The van der Waals surface area contributed by atoms with E-state index >= 15 is 0 Å². The number of hydrogen-bond acceptors (Lipinski definition) is 5. The molecule has 0 saturated heterocycles. The third kappa shape index (κ3) is 2.94. The van der Waals surface area contributed by atoms with Gasteiger partial charge in [0.15, 0.2) is 0 Å². The third-order valence-corrected chi connectivity index (χ3v) is 3.61. The van der Waals surface area contributed by atoms with E-state index in [9.17, 15) is 9.59 Å². The minimum absolute atomic E-state index is 0.185. The summed E-state index contributed by atoms with van der Waals surface area (Å²) in [5.41, 5.74) is 5.79. The maximum atomic E-state index is 11.9. The van der Waals surface area contributed by atoms with Gasteiger partial charge in [-0.1, -0.05) is 6.92 Å². The molecule has 2 heterocycles. The summed E-state index contributed by atoms with van der Waals surface area (Å²) in [5.74, 6) is -0.981. The van der Waals surface area contributed by atoms with Crippen LogP contribution in [0.1, 0.15) is 32.6 Å². The van der Waals surface area contributed by atoms with Gasteiger partial charge in [-0.15, -0.1) is 11.3 Å². The van der Waals surface area contributed by atoms with Crippen LogP contribution in [0.4, 0.5) is 5.00 Å². The fraction of sp³-hybridized carbons (Fsp3) is 0.167. The van der Waals surface area contributed by atoms with Crippen molar-refractivity contribution >= 4 is 28.2 Å². The Morgan fingerprint density at radius 2 is 2.21 bits per heavy atom. The Hall–Kier alpha value is -2.28. The third-order valence-electron chi connectivity index (χ3n) is 2.42. The topological polar surface area (TPSA) is 98.0 Å². The lowest BCUT2D eigenvalue weighted by molar-refractivity contribution is 0.100. The van der Waals surface area contributed by atoms with Gasteiger partial charge in [0.1, 0.15) is 10.7 Å². The Bertz CT molecular complexity index is 609. The highest BCUT2D eigenvalue weighted by atomic mass is 32.1. The number of hydrogen-bond donors (Lipinski definition) is 2. The number of amides is 2. The summed E-state index contributed by atoms with van der Waals surface area (Å²) >= 11 is 1.33. The lowest BCUT2D eigenvalue weighted by atomic mass is 10.2. The molecular weight excluding hydrogens is 264 g/mol. The van der Waals surface area contributed by atoms with Gasteiger partial charge in [-0.2, -0.15) is 0 Å². The zero-order valence-electron chi connectivity index (χ0n) is 10.2. The number of aromatic nitrogens is 2. The molecule has 2 amide bonds. The monoisotopic (exact) mass is 276 g/mol. The van der Waals surface area contributed by atoms with Crippen molar-refractivity contribution in [1.82, 2.24) is 9.97 Å². The van der Waals surface area contributed by atoms with Crippen LogP contribution >= 0.6 is 11.3 Å². The number of nitrogens with two attached hydrogens (primary N) is 1. The molecule has 0 aliphatic carbocycles. The highest BCUT2D eigenvalue weighted by Gasteiger charge is 2.16. The summed E-state index contributed by atoms with van der Waals surface area (Å²) in [5, 5.41) is 3.08. The predicted octanol–water partition coefficient (Wildman–Crippen LogP) is 1.45. The molecule has 0 bridgehead atoms. The molecule has 0 aromatic carbocycles. The normalized spacial score (nSPS) is 10.2. The minimum Gasteiger partial charge on any atom is -0.366 e. The van der Waals surface area contributed by atoms with Crippen molar-refractivity contribution in [2.24, 2.45) is 5.73 Å². The van der Waals surface area contributed by atoms with E-state index in [2.05, 4.69) is 15.3 Å². The second kappa shape index (κ2) is 5.57. The van der Waals surface area contributed by atoms with Crippen LogP contribution in [0.25, 0.3) is 0 Å². The van der Waals surface area contributed by atoms with Gasteiger partial charge in [0.05, 0.1) is 11.8 Å². The van der Waals surface area contributed by atoms with E-state index in [1.165, 1.54) is 29.9 Å². The van der Waals surface area contributed by atoms with E-state index < -0.39 is 11.8 Å². The van der Waals surface area contributed by atoms with Crippen molar-refractivity contribution in [3.8, 4) is 0 Å². The van der Waals surface area contributed by atoms with Crippen LogP contribution in [-0.4, -0.2) is 21.8 Å². The molecule has 2 aromatic rings. The lowest BCUT2D eigenvalue weighted by Gasteiger charge is -2.03. The number of carbonyl (C=O) groups is 2. The van der Waals surface area contributed by atoms with Gasteiger partial charge < -0.3 is 11.1 Å². The molecular formula is C12H12N4O2S. The maximum Gasteiger partial charge on any atom is 0.276 e. The number of carbonyl (C=O) groups excluding carboxylic acids is 2. The van der Waals surface area contributed by atoms with Crippen molar-refractivity contribution < 1.29 is 9.59 Å². The Balaban J connectivity index is 2.26. The highest BCUT2D eigenvalue weighted by Crippen LogP contribution is 2.28. The molecule has 0 unspecified atom stereocenters. The highest BCUT2D eigenvalue weighted by molar-refractivity contribution is 7.16. The molecule has 98 valence electrons. The molecule has 0 aliphatic heterocycles. The first-order chi connectivity index (χ1) is 9.11. The van der Waals surface area contributed by atoms with Crippen molar-refractivity contribution in [2.45, 2.75) is 13.3 Å². The molecule has 7 heteroatoms. The fourth-order valence-electron chi connectivity index (χ4n) is 1.48. The van der Waals surface area contributed by atoms with E-state index in [1.54, 1.807) is 6.07 Å². The van der Waals surface area contributed by atoms with E-state index in [4.69, 9.17) is 5.73 Å². The Morgan fingerprint density at radius 1 is 1.42 bits per heavy atom. The number of anilines is 1. The number of aryl methyl sites for hydroxylation is 1. The summed E-state index contributed by atoms with van der Waals surface area (Å²) in [6.07, 6.45) is 5.03. The van der Waals surface area contributed by atoms with Gasteiger partial charge in [-0.3, -0.25) is 14.6 Å². The quantitative estimate of drug-likeness (QED) is 0.883. The van der Waals surface area contributed by atoms with Gasteiger partial charge in [0, 0.05) is 17.3 Å². The number of primary amides is 1. The molecule has 2 rings (SSSR count). The van der Waals surface area contributed by atoms with E-state index in [0.717, 1.165) is 11.3 Å². The molecule has 0 fully saturated rings. The summed E-state index contributed by atoms with van der Waals surface area (Å²) < 4.78 is 0. The SMILES string of the molecule is CCc1cc(C(N)=O)c(NC(=O)c2cnccn2)s1. The lowest BCUT2D eigenvalue weighted by Crippen LogP contribution is -2.17. The number of nitrogens with one attached hydrogen (secondary N) is 1. The van der Waals surface area contributed by atoms with Gasteiger partial charge in [-0.05, 0) is 12.5 Å². The molecule has 2 aromatic heterocycles. The molecule has 3 N–H and O–H groups in total. The van der Waals surface area contributed by atoms with Crippen LogP contribution in [0.5, 0.6) is 0 Å². The Labute approximate surface area is 113 Å². The van der Waals surface area contributed by atoms with E-state index in [-0.39, 0.29) is 5.69 Å². The average Bonchev–Trinajstić information content (AvgIpc) is 2.83. The predicted molar refractivity (Wildman–Crippen MR) is 72.2 cm³/mol. The first-order valence-corrected chi connectivity index (χ1v) is 6.43. The largest absolute Gasteiger partial charge is 0.366 e. The molecule has 0 radical (unpaired) electrons. The van der Waals surface area contributed by atoms with Crippen molar-refractivity contribution in [3.63, 3.8) is 0 Å². The smallest absolute Gasteiger partial charge is 0.276 e. The van der Waals surface area contributed by atoms with Crippen LogP contribution in [0.15, 0.2) is 24.7 Å². The van der Waals surface area contributed by atoms with Crippen LogP contribution in [0.2, 0.25) is 0 Å². The standard InChI is InChI=1S/C12H12N4O2S/c1-2-7-5-8(10(13)17)12(19-7)16-11(18)9-6-14-3-4-15-9/h3-6H,2H2,1H3,(H2,13,17)(H,16,18). The molecule has 0 saturated carbocycles. The number of thiophene rings is 1. The fourth-order valence-corrected chi connectivity index (χ4v) is 2.47. The molecule has 19 heavy (non-hydrogen) atoms. The van der Waals surface area contributed by atoms with E-state index in [0.29, 0.717) is 10.6 Å². The Morgan fingerprint density at radius 3 is 2.79 bits per heavy atom. The van der Waals surface area contributed by atoms with Gasteiger partial charge >= 0.3 is 0 Å². The molecule has 0 aliphatic rings. The maximum absolute atomic E-state index is 11.9. The summed E-state index contributed by atoms with van der Waals surface area (Å²) in [7, 11) is 0. The van der Waals surface area contributed by atoms with Crippen molar-refractivity contribution in [1.29, 1.82) is 0 Å². The zero-order valence-corrected chi connectivity index (χ0v) is 11.0. The van der Waals surface area contributed by atoms with Crippen LogP contribution in [0.3, 0.4) is 0 Å². The summed E-state index contributed by atoms with van der Waals surface area (Å²) in [6.45, 7) is 1.96. The summed E-state index contributed by atoms with van der Waals surface area (Å²) in [6, 6.07) is 1.69. The van der Waals surface area contributed by atoms with Crippen LogP contribution in [-0.2, 0) is 6.42 Å². The Kier molecular flexibility index (Phi) is 3.86. The van der Waals surface area contributed by atoms with Crippen LogP contribution < -0.4 is 11.1 Å². The first kappa shape index (κ1) is 13.2.